The number of benzene rings is 1. The number of nitriles is 1. The second-order valence-corrected chi connectivity index (χ2v) is 4.89. The zero-order chi connectivity index (χ0) is 13.1. The van der Waals surface area contributed by atoms with Crippen molar-refractivity contribution in [3.05, 3.63) is 45.3 Å². The minimum absolute atomic E-state index is 0.452. The molecule has 0 amide bonds. The maximum atomic E-state index is 8.85. The Hall–Kier alpha value is -1.81. The number of anilines is 1. The van der Waals surface area contributed by atoms with Crippen LogP contribution in [0.1, 0.15) is 11.3 Å². The molecule has 0 aliphatic carbocycles. The van der Waals surface area contributed by atoms with E-state index in [-0.39, 0.29) is 0 Å². The minimum atomic E-state index is 0.452. The van der Waals surface area contributed by atoms with Crippen molar-refractivity contribution in [1.82, 2.24) is 4.98 Å². The molecule has 0 fully saturated rings. The van der Waals surface area contributed by atoms with Crippen LogP contribution in [0.25, 0.3) is 0 Å². The van der Waals surface area contributed by atoms with Crippen LogP contribution in [0.5, 0.6) is 11.5 Å². The second kappa shape index (κ2) is 5.23. The number of hydrogen-bond acceptors (Lipinski definition) is 4. The molecule has 0 saturated heterocycles. The monoisotopic (exact) mass is 351 g/mol. The summed E-state index contributed by atoms with van der Waals surface area (Å²) in [5.41, 5.74) is 7.73. The van der Waals surface area contributed by atoms with Crippen LogP contribution in [0.4, 0.5) is 5.69 Å². The van der Waals surface area contributed by atoms with Gasteiger partial charge in [0.05, 0.1) is 20.9 Å². The van der Waals surface area contributed by atoms with Crippen molar-refractivity contribution in [2.45, 2.75) is 6.92 Å². The van der Waals surface area contributed by atoms with E-state index in [1.165, 1.54) is 0 Å². The summed E-state index contributed by atoms with van der Waals surface area (Å²) in [6.07, 6.45) is 1.68. The van der Waals surface area contributed by atoms with Gasteiger partial charge in [0.25, 0.3) is 0 Å². The highest BCUT2D eigenvalue weighted by Gasteiger charge is 2.09. The molecule has 2 N–H and O–H groups in total. The first-order chi connectivity index (χ1) is 8.60. The van der Waals surface area contributed by atoms with Crippen LogP contribution in [0.15, 0.2) is 30.5 Å². The van der Waals surface area contributed by atoms with Crippen LogP contribution in [-0.2, 0) is 0 Å². The summed E-state index contributed by atoms with van der Waals surface area (Å²) in [6.45, 7) is 1.89. The smallest absolute Gasteiger partial charge is 0.163 e. The third-order valence-corrected chi connectivity index (χ3v) is 3.09. The summed E-state index contributed by atoms with van der Waals surface area (Å²) in [4.78, 5) is 4.10. The number of nitrogen functional groups attached to an aromatic ring is 1. The third kappa shape index (κ3) is 2.71. The van der Waals surface area contributed by atoms with Gasteiger partial charge in [-0.1, -0.05) is 0 Å². The first kappa shape index (κ1) is 12.6. The fraction of sp³-hybridized carbons (Fsp3) is 0.0769. The average Bonchev–Trinajstić information content (AvgIpc) is 2.33. The van der Waals surface area contributed by atoms with E-state index in [9.17, 15) is 0 Å². The van der Waals surface area contributed by atoms with Crippen molar-refractivity contribution in [3.63, 3.8) is 0 Å². The van der Waals surface area contributed by atoms with Crippen LogP contribution >= 0.6 is 22.6 Å². The Balaban J connectivity index is 2.38. The molecule has 0 bridgehead atoms. The Morgan fingerprint density at radius 1 is 1.39 bits per heavy atom. The predicted molar refractivity (Wildman–Crippen MR) is 77.3 cm³/mol. The molecule has 1 aromatic heterocycles. The molecule has 0 atom stereocenters. The van der Waals surface area contributed by atoms with Gasteiger partial charge in [0.1, 0.15) is 5.75 Å². The van der Waals surface area contributed by atoms with Gasteiger partial charge in [0, 0.05) is 18.0 Å². The summed E-state index contributed by atoms with van der Waals surface area (Å²) < 4.78 is 6.54. The normalized spacial score (nSPS) is 9.83. The molecule has 5 heteroatoms. The van der Waals surface area contributed by atoms with Gasteiger partial charge in [-0.25, -0.2) is 0 Å². The molecule has 90 valence electrons. The summed E-state index contributed by atoms with van der Waals surface area (Å²) in [5, 5.41) is 8.85. The van der Waals surface area contributed by atoms with Crippen molar-refractivity contribution in [2.24, 2.45) is 0 Å². The van der Waals surface area contributed by atoms with Crippen molar-refractivity contribution in [2.75, 3.05) is 5.73 Å². The van der Waals surface area contributed by atoms with E-state index in [4.69, 9.17) is 15.7 Å². The highest BCUT2D eigenvalue weighted by Crippen LogP contribution is 2.33. The molecular weight excluding hydrogens is 341 g/mol. The lowest BCUT2D eigenvalue weighted by Crippen LogP contribution is -1.96. The lowest BCUT2D eigenvalue weighted by Gasteiger charge is -2.11. The fourth-order valence-electron chi connectivity index (χ4n) is 1.49. The first-order valence-electron chi connectivity index (χ1n) is 5.20. The van der Waals surface area contributed by atoms with E-state index in [1.807, 2.05) is 13.0 Å². The zero-order valence-corrected chi connectivity index (χ0v) is 11.8. The number of nitrogens with two attached hydrogens (primary N) is 1. The number of halogens is 1. The van der Waals surface area contributed by atoms with E-state index in [0.717, 1.165) is 9.26 Å². The molecule has 2 rings (SSSR count). The lowest BCUT2D eigenvalue weighted by molar-refractivity contribution is 0.480. The Kier molecular flexibility index (Phi) is 3.67. The van der Waals surface area contributed by atoms with Crippen LogP contribution in [0.2, 0.25) is 0 Å². The Bertz CT molecular complexity index is 611. The number of pyridine rings is 1. The van der Waals surface area contributed by atoms with Crippen LogP contribution in [0.3, 0.4) is 0 Å². The minimum Gasteiger partial charge on any atom is -0.454 e. The van der Waals surface area contributed by atoms with Gasteiger partial charge in [0.2, 0.25) is 0 Å². The average molecular weight is 351 g/mol. The van der Waals surface area contributed by atoms with Crippen molar-refractivity contribution < 1.29 is 4.74 Å². The zero-order valence-electron chi connectivity index (χ0n) is 9.64. The van der Waals surface area contributed by atoms with E-state index in [0.29, 0.717) is 22.7 Å². The standard InChI is InChI=1S/C13H10IN3O/c1-8-4-10(2-3-17-8)18-13-11(14)5-9(7-15)6-12(13)16/h2-6H,16H2,1H3. The van der Waals surface area contributed by atoms with E-state index in [1.54, 1.807) is 24.4 Å². The molecule has 4 nitrogen and oxygen atoms in total. The Morgan fingerprint density at radius 2 is 2.17 bits per heavy atom. The van der Waals surface area contributed by atoms with Gasteiger partial charge in [-0.05, 0) is 47.7 Å². The van der Waals surface area contributed by atoms with Crippen LogP contribution < -0.4 is 10.5 Å². The van der Waals surface area contributed by atoms with Gasteiger partial charge < -0.3 is 10.5 Å². The van der Waals surface area contributed by atoms with Crippen molar-refractivity contribution in [1.29, 1.82) is 5.26 Å². The molecule has 0 spiro atoms. The topological polar surface area (TPSA) is 71.9 Å². The molecule has 2 aromatic rings. The van der Waals surface area contributed by atoms with Crippen molar-refractivity contribution >= 4 is 28.3 Å². The highest BCUT2D eigenvalue weighted by molar-refractivity contribution is 14.1. The molecule has 1 heterocycles. The lowest BCUT2D eigenvalue weighted by atomic mass is 10.2. The maximum absolute atomic E-state index is 8.85. The van der Waals surface area contributed by atoms with E-state index < -0.39 is 0 Å². The van der Waals surface area contributed by atoms with E-state index >= 15 is 0 Å². The van der Waals surface area contributed by atoms with Gasteiger partial charge in [-0.3, -0.25) is 4.98 Å². The number of aromatic nitrogens is 1. The summed E-state index contributed by atoms with van der Waals surface area (Å²) >= 11 is 2.10. The number of nitrogens with zero attached hydrogens (tertiary/aromatic N) is 2. The predicted octanol–water partition coefficient (Wildman–Crippen LogP) is 3.24. The SMILES string of the molecule is Cc1cc(Oc2c(N)cc(C#N)cc2I)ccn1. The number of hydrogen-bond donors (Lipinski definition) is 1. The van der Waals surface area contributed by atoms with Gasteiger partial charge in [0.15, 0.2) is 5.75 Å². The molecule has 0 saturated carbocycles. The molecule has 0 aliphatic heterocycles. The molecule has 0 radical (unpaired) electrons. The van der Waals surface area contributed by atoms with Gasteiger partial charge in [-0.15, -0.1) is 0 Å². The Morgan fingerprint density at radius 3 is 2.78 bits per heavy atom. The largest absolute Gasteiger partial charge is 0.454 e. The fourth-order valence-corrected chi connectivity index (χ4v) is 2.24. The number of rotatable bonds is 2. The van der Waals surface area contributed by atoms with E-state index in [2.05, 4.69) is 33.6 Å². The van der Waals surface area contributed by atoms with Crippen LogP contribution in [-0.4, -0.2) is 4.98 Å². The quantitative estimate of drug-likeness (QED) is 0.666. The third-order valence-electron chi connectivity index (χ3n) is 2.29. The van der Waals surface area contributed by atoms with Gasteiger partial charge >= 0.3 is 0 Å². The molecule has 0 aliphatic rings. The number of aryl methyl sites for hydroxylation is 1. The summed E-state index contributed by atoms with van der Waals surface area (Å²) in [5.74, 6) is 1.25. The molecular formula is C13H10IN3O. The first-order valence-corrected chi connectivity index (χ1v) is 6.27. The molecule has 1 aromatic carbocycles. The maximum Gasteiger partial charge on any atom is 0.163 e. The van der Waals surface area contributed by atoms with Crippen LogP contribution in [0, 0.1) is 21.8 Å². The second-order valence-electron chi connectivity index (χ2n) is 3.72. The van der Waals surface area contributed by atoms with Gasteiger partial charge in [-0.2, -0.15) is 5.26 Å². The number of ether oxygens (including phenoxy) is 1. The summed E-state index contributed by atoms with van der Waals surface area (Å²) in [7, 11) is 0. The molecule has 18 heavy (non-hydrogen) atoms. The highest BCUT2D eigenvalue weighted by atomic mass is 127. The summed E-state index contributed by atoms with van der Waals surface area (Å²) in [6, 6.07) is 8.99. The Labute approximate surface area is 119 Å². The van der Waals surface area contributed by atoms with Crippen molar-refractivity contribution in [3.8, 4) is 17.6 Å². The molecule has 0 unspecified atom stereocenters.